The lowest BCUT2D eigenvalue weighted by molar-refractivity contribution is -0.602. The monoisotopic (exact) mass is 478 g/mol. The lowest BCUT2D eigenvalue weighted by Crippen LogP contribution is -2.95. The number of ether oxygens (including phenoxy) is 1. The summed E-state index contributed by atoms with van der Waals surface area (Å²) in [5.41, 5.74) is -16.6. The molecule has 0 aromatic carbocycles. The number of fused-ring (bicyclic) bond motifs is 1. The van der Waals surface area contributed by atoms with Crippen LogP contribution in [0.15, 0.2) is 0 Å². The molecule has 1 nitrogen and oxygen atoms in total. The van der Waals surface area contributed by atoms with Crippen LogP contribution in [0.25, 0.3) is 0 Å². The molecule has 2 aliphatic rings. The molecule has 1 aliphatic carbocycles. The van der Waals surface area contributed by atoms with Gasteiger partial charge >= 0.3 is 59.1 Å². The van der Waals surface area contributed by atoms with Crippen molar-refractivity contribution in [3.8, 4) is 0 Å². The molecular formula is C10F18O. The van der Waals surface area contributed by atoms with Gasteiger partial charge in [-0.25, -0.2) is 13.2 Å². The van der Waals surface area contributed by atoms with Gasteiger partial charge in [0.1, 0.15) is 0 Å². The van der Waals surface area contributed by atoms with Gasteiger partial charge < -0.3 is 0 Å². The van der Waals surface area contributed by atoms with Crippen molar-refractivity contribution in [1.29, 1.82) is 0 Å². The second kappa shape index (κ2) is 4.95. The van der Waals surface area contributed by atoms with Crippen LogP contribution in [0.4, 0.5) is 79.0 Å². The number of hydrogen-bond donors (Lipinski definition) is 0. The number of alkyl halides is 18. The minimum Gasteiger partial charge on any atom is -0.271 e. The zero-order chi connectivity index (χ0) is 23.7. The summed E-state index contributed by atoms with van der Waals surface area (Å²) in [5, 5.41) is 0. The van der Waals surface area contributed by atoms with Crippen LogP contribution in [0.2, 0.25) is 0 Å². The summed E-state index contributed by atoms with van der Waals surface area (Å²) in [6, 6.07) is 0. The summed E-state index contributed by atoms with van der Waals surface area (Å²) in [6.07, 6.45) is -15.8. The molecule has 0 bridgehead atoms. The summed E-state index contributed by atoms with van der Waals surface area (Å²) >= 11 is 0. The topological polar surface area (TPSA) is 9.23 Å². The molecule has 19 heteroatoms. The average Bonchev–Trinajstić information content (AvgIpc) is 2.47. The molecule has 3 atom stereocenters. The van der Waals surface area contributed by atoms with Gasteiger partial charge in [-0.05, 0) is 0 Å². The second-order valence-corrected chi connectivity index (χ2v) is 5.90. The van der Waals surface area contributed by atoms with Gasteiger partial charge in [0, 0.05) is 0 Å². The van der Waals surface area contributed by atoms with Gasteiger partial charge in [-0.1, -0.05) is 0 Å². The molecule has 29 heavy (non-hydrogen) atoms. The van der Waals surface area contributed by atoms with Crippen LogP contribution in [0.3, 0.4) is 0 Å². The molecule has 1 saturated heterocycles. The SMILES string of the molecule is FC(F)(F)C1(F)C(F)(F)OC2(F)C(F)(F)C(F)(F)C(F)(F)C(F)(F)C2(F)C1(F)F. The van der Waals surface area contributed by atoms with Gasteiger partial charge in [-0.15, -0.1) is 0 Å². The maximum absolute atomic E-state index is 14.3. The fraction of sp³-hybridized carbons (Fsp3) is 1.00. The maximum atomic E-state index is 14.3. The van der Waals surface area contributed by atoms with E-state index in [1.165, 1.54) is 4.74 Å². The zero-order valence-corrected chi connectivity index (χ0v) is 12.2. The molecule has 1 aliphatic heterocycles. The third-order valence-electron chi connectivity index (χ3n) is 4.39. The molecule has 0 amide bonds. The highest BCUT2D eigenvalue weighted by Crippen LogP contribution is 2.78. The van der Waals surface area contributed by atoms with Gasteiger partial charge in [-0.2, -0.15) is 65.9 Å². The van der Waals surface area contributed by atoms with Gasteiger partial charge in [0.25, 0.3) is 0 Å². The van der Waals surface area contributed by atoms with Crippen molar-refractivity contribution in [3.05, 3.63) is 0 Å². The van der Waals surface area contributed by atoms with Crippen LogP contribution >= 0.6 is 0 Å². The molecule has 2 rings (SSSR count). The van der Waals surface area contributed by atoms with E-state index >= 15 is 0 Å². The first-order valence-corrected chi connectivity index (χ1v) is 6.31. The highest BCUT2D eigenvalue weighted by molar-refractivity contribution is 5.36. The summed E-state index contributed by atoms with van der Waals surface area (Å²) < 4.78 is 242. The first-order chi connectivity index (χ1) is 12.2. The molecule has 0 aromatic rings. The van der Waals surface area contributed by atoms with E-state index in [2.05, 4.69) is 0 Å². The molecule has 172 valence electrons. The minimum absolute atomic E-state index is 1.53. The van der Waals surface area contributed by atoms with E-state index in [-0.39, 0.29) is 0 Å². The van der Waals surface area contributed by atoms with Crippen LogP contribution < -0.4 is 0 Å². The van der Waals surface area contributed by atoms with E-state index in [0.29, 0.717) is 0 Å². The van der Waals surface area contributed by atoms with E-state index in [1.54, 1.807) is 0 Å². The van der Waals surface area contributed by atoms with Crippen LogP contribution in [0, 0.1) is 0 Å². The molecule has 2 fully saturated rings. The molecule has 1 saturated carbocycles. The van der Waals surface area contributed by atoms with Gasteiger partial charge in [0.2, 0.25) is 0 Å². The van der Waals surface area contributed by atoms with Crippen molar-refractivity contribution in [1.82, 2.24) is 0 Å². The zero-order valence-electron chi connectivity index (χ0n) is 12.2. The third kappa shape index (κ3) is 1.82. The van der Waals surface area contributed by atoms with Crippen molar-refractivity contribution in [2.24, 2.45) is 0 Å². The van der Waals surface area contributed by atoms with E-state index in [4.69, 9.17) is 0 Å². The lowest BCUT2D eigenvalue weighted by atomic mass is 9.63. The van der Waals surface area contributed by atoms with Crippen molar-refractivity contribution < 1.29 is 83.8 Å². The van der Waals surface area contributed by atoms with E-state index < -0.39 is 59.1 Å². The summed E-state index contributed by atoms with van der Waals surface area (Å²) in [6.45, 7) is 0. The largest absolute Gasteiger partial charge is 0.437 e. The molecule has 0 spiro atoms. The Bertz CT molecular complexity index is 723. The maximum Gasteiger partial charge on any atom is 0.437 e. The summed E-state index contributed by atoms with van der Waals surface area (Å²) in [7, 11) is 0. The van der Waals surface area contributed by atoms with Crippen molar-refractivity contribution in [2.75, 3.05) is 0 Å². The molecule has 3 unspecified atom stereocenters. The Labute approximate surface area is 144 Å². The quantitative estimate of drug-likeness (QED) is 0.422. The summed E-state index contributed by atoms with van der Waals surface area (Å²) in [4.78, 5) is 0. The van der Waals surface area contributed by atoms with Crippen LogP contribution in [-0.4, -0.2) is 59.1 Å². The fourth-order valence-electron chi connectivity index (χ4n) is 2.77. The average molecular weight is 478 g/mol. The Morgan fingerprint density at radius 3 is 1.14 bits per heavy atom. The second-order valence-electron chi connectivity index (χ2n) is 5.90. The highest BCUT2D eigenvalue weighted by atomic mass is 19.4. The van der Waals surface area contributed by atoms with Gasteiger partial charge in [0.15, 0.2) is 0 Å². The normalized spacial score (nSPS) is 44.1. The molecule has 0 aromatic heterocycles. The lowest BCUT2D eigenvalue weighted by Gasteiger charge is -2.61. The molecule has 1 heterocycles. The van der Waals surface area contributed by atoms with E-state index in [1.807, 2.05) is 0 Å². The van der Waals surface area contributed by atoms with Crippen LogP contribution in [-0.2, 0) is 4.74 Å². The Morgan fingerprint density at radius 1 is 0.448 bits per heavy atom. The molecular weight excluding hydrogens is 478 g/mol. The summed E-state index contributed by atoms with van der Waals surface area (Å²) in [5.74, 6) is -49.2. The number of hydrogen-bond acceptors (Lipinski definition) is 1. The molecule has 0 N–H and O–H groups in total. The van der Waals surface area contributed by atoms with Gasteiger partial charge in [0.05, 0.1) is 0 Å². The van der Waals surface area contributed by atoms with Gasteiger partial charge in [-0.3, -0.25) is 4.74 Å². The molecule has 0 radical (unpaired) electrons. The van der Waals surface area contributed by atoms with Crippen molar-refractivity contribution >= 4 is 0 Å². The van der Waals surface area contributed by atoms with Crippen LogP contribution in [0.1, 0.15) is 0 Å². The standard InChI is InChI=1S/C10F18O/c11-1-3(13,14)2(12,9(24,25)26)10(27,28)29-8(1,23)7(21,22)6(19,20)5(17,18)4(1,15)16. The van der Waals surface area contributed by atoms with Crippen LogP contribution in [0.5, 0.6) is 0 Å². The number of halogens is 18. The predicted octanol–water partition coefficient (Wildman–Crippen LogP) is 5.44. The van der Waals surface area contributed by atoms with Crippen molar-refractivity contribution in [3.63, 3.8) is 0 Å². The first-order valence-electron chi connectivity index (χ1n) is 6.31. The van der Waals surface area contributed by atoms with Crippen molar-refractivity contribution in [2.45, 2.75) is 59.1 Å². The Balaban J connectivity index is 3.12. The first kappa shape index (κ1) is 24.0. The van der Waals surface area contributed by atoms with E-state index in [9.17, 15) is 79.0 Å². The highest BCUT2D eigenvalue weighted by Gasteiger charge is 3.11. The smallest absolute Gasteiger partial charge is 0.271 e. The minimum atomic E-state index is -8.60. The Hall–Kier alpha value is -1.30. The van der Waals surface area contributed by atoms with E-state index in [0.717, 1.165) is 0 Å². The third-order valence-corrected chi connectivity index (χ3v) is 4.39. The fourth-order valence-corrected chi connectivity index (χ4v) is 2.77. The Kier molecular flexibility index (Phi) is 4.09. The predicted molar refractivity (Wildman–Crippen MR) is 48.3 cm³/mol. The number of rotatable bonds is 0. The Morgan fingerprint density at radius 2 is 0.793 bits per heavy atom.